The number of hydrogen-bond acceptors (Lipinski definition) is 6. The second kappa shape index (κ2) is 9.37. The molecule has 0 aromatic heterocycles. The molecule has 0 amide bonds. The summed E-state index contributed by atoms with van der Waals surface area (Å²) >= 11 is 5.98. The maximum atomic E-state index is 12.4. The Kier molecular flexibility index (Phi) is 6.88. The van der Waals surface area contributed by atoms with Crippen molar-refractivity contribution in [3.8, 4) is 17.6 Å². The van der Waals surface area contributed by atoms with E-state index >= 15 is 0 Å². The molecule has 3 rings (SSSR count). The number of rotatable bonds is 7. The summed E-state index contributed by atoms with van der Waals surface area (Å²) in [5.41, 5.74) is 0.227. The van der Waals surface area contributed by atoms with E-state index in [0.717, 1.165) is 13.1 Å². The van der Waals surface area contributed by atoms with Crippen LogP contribution in [0.3, 0.4) is 0 Å². The van der Waals surface area contributed by atoms with Crippen LogP contribution in [0.2, 0.25) is 5.02 Å². The molecule has 2 aromatic carbocycles. The average molecular weight is 422 g/mol. The molecular formula is C19H20ClN3O4S. The van der Waals surface area contributed by atoms with Crippen molar-refractivity contribution in [1.82, 2.24) is 9.62 Å². The van der Waals surface area contributed by atoms with Crippen LogP contribution in [0.5, 0.6) is 11.5 Å². The third-order valence-corrected chi connectivity index (χ3v) is 6.06. The van der Waals surface area contributed by atoms with Crippen molar-refractivity contribution in [2.24, 2.45) is 0 Å². The van der Waals surface area contributed by atoms with Gasteiger partial charge in [-0.25, -0.2) is 13.1 Å². The highest BCUT2D eigenvalue weighted by atomic mass is 35.5. The number of ether oxygens (including phenoxy) is 2. The number of sulfonamides is 1. The number of nitrogens with one attached hydrogen (secondary N) is 1. The second-order valence-electron chi connectivity index (χ2n) is 6.15. The number of morpholine rings is 1. The minimum absolute atomic E-state index is 0.147. The molecule has 1 fully saturated rings. The minimum atomic E-state index is -3.61. The van der Waals surface area contributed by atoms with Gasteiger partial charge in [-0.15, -0.1) is 0 Å². The lowest BCUT2D eigenvalue weighted by atomic mass is 10.2. The molecule has 1 saturated heterocycles. The molecule has 2 aromatic rings. The quantitative estimate of drug-likeness (QED) is 0.738. The summed E-state index contributed by atoms with van der Waals surface area (Å²) < 4.78 is 38.4. The normalized spacial score (nSPS) is 15.1. The Labute approximate surface area is 169 Å². The summed E-state index contributed by atoms with van der Waals surface area (Å²) in [6.07, 6.45) is 0. The molecule has 28 heavy (non-hydrogen) atoms. The van der Waals surface area contributed by atoms with Crippen LogP contribution in [-0.4, -0.2) is 52.7 Å². The molecule has 1 aliphatic heterocycles. The SMILES string of the molecule is N#Cc1c(Cl)cccc1Oc1ccc(S(=O)(=O)NCCN2CCOCC2)cc1. The Bertz CT molecular complexity index is 952. The Morgan fingerprint density at radius 2 is 1.89 bits per heavy atom. The number of benzene rings is 2. The van der Waals surface area contributed by atoms with Gasteiger partial charge in [0.05, 0.1) is 23.1 Å². The zero-order valence-corrected chi connectivity index (χ0v) is 16.7. The highest BCUT2D eigenvalue weighted by Gasteiger charge is 2.16. The molecule has 0 saturated carbocycles. The first-order chi connectivity index (χ1) is 13.5. The van der Waals surface area contributed by atoms with Gasteiger partial charge in [0.25, 0.3) is 0 Å². The monoisotopic (exact) mass is 421 g/mol. The van der Waals surface area contributed by atoms with Crippen LogP contribution in [0.4, 0.5) is 0 Å². The van der Waals surface area contributed by atoms with Gasteiger partial charge in [0.1, 0.15) is 23.1 Å². The second-order valence-corrected chi connectivity index (χ2v) is 8.32. The number of nitriles is 1. The van der Waals surface area contributed by atoms with Gasteiger partial charge in [0.15, 0.2) is 0 Å². The number of halogens is 1. The van der Waals surface area contributed by atoms with Crippen LogP contribution >= 0.6 is 11.6 Å². The maximum Gasteiger partial charge on any atom is 0.240 e. The van der Waals surface area contributed by atoms with Crippen molar-refractivity contribution in [3.05, 3.63) is 53.1 Å². The van der Waals surface area contributed by atoms with Crippen LogP contribution in [-0.2, 0) is 14.8 Å². The van der Waals surface area contributed by atoms with Crippen molar-refractivity contribution in [2.45, 2.75) is 4.90 Å². The summed E-state index contributed by atoms with van der Waals surface area (Å²) in [5, 5.41) is 9.49. The molecule has 0 atom stereocenters. The van der Waals surface area contributed by atoms with Gasteiger partial charge >= 0.3 is 0 Å². The van der Waals surface area contributed by atoms with Crippen LogP contribution in [0, 0.1) is 11.3 Å². The minimum Gasteiger partial charge on any atom is -0.456 e. The molecule has 148 valence electrons. The first-order valence-electron chi connectivity index (χ1n) is 8.76. The van der Waals surface area contributed by atoms with Gasteiger partial charge in [-0.05, 0) is 36.4 Å². The zero-order valence-electron chi connectivity index (χ0n) is 15.1. The molecule has 0 spiro atoms. The fourth-order valence-electron chi connectivity index (χ4n) is 2.76. The zero-order chi connectivity index (χ0) is 20.0. The van der Waals surface area contributed by atoms with E-state index in [0.29, 0.717) is 42.8 Å². The van der Waals surface area contributed by atoms with E-state index in [1.165, 1.54) is 12.1 Å². The van der Waals surface area contributed by atoms with Crippen molar-refractivity contribution in [2.75, 3.05) is 39.4 Å². The molecule has 0 bridgehead atoms. The molecule has 7 nitrogen and oxygen atoms in total. The van der Waals surface area contributed by atoms with Crippen molar-refractivity contribution in [3.63, 3.8) is 0 Å². The first-order valence-corrected chi connectivity index (χ1v) is 10.6. The van der Waals surface area contributed by atoms with Crippen molar-refractivity contribution >= 4 is 21.6 Å². The molecule has 1 aliphatic rings. The summed E-state index contributed by atoms with van der Waals surface area (Å²) in [4.78, 5) is 2.30. The fraction of sp³-hybridized carbons (Fsp3) is 0.316. The molecule has 9 heteroatoms. The van der Waals surface area contributed by atoms with Gasteiger partial charge in [-0.1, -0.05) is 17.7 Å². The van der Waals surface area contributed by atoms with Gasteiger partial charge in [-0.3, -0.25) is 4.90 Å². The standard InChI is InChI=1S/C19H20ClN3O4S/c20-18-2-1-3-19(17(18)14-21)27-15-4-6-16(7-5-15)28(24,25)22-8-9-23-10-12-26-13-11-23/h1-7,22H,8-13H2. The predicted molar refractivity (Wildman–Crippen MR) is 105 cm³/mol. The predicted octanol–water partition coefficient (Wildman–Crippen LogP) is 2.61. The fourth-order valence-corrected chi connectivity index (χ4v) is 3.99. The lowest BCUT2D eigenvalue weighted by Crippen LogP contribution is -2.41. The van der Waals surface area contributed by atoms with Gasteiger partial charge in [0, 0.05) is 26.2 Å². The van der Waals surface area contributed by atoms with E-state index in [2.05, 4.69) is 9.62 Å². The third-order valence-electron chi connectivity index (χ3n) is 4.27. The average Bonchev–Trinajstić information content (AvgIpc) is 2.69. The summed E-state index contributed by atoms with van der Waals surface area (Å²) in [5.74, 6) is 0.722. The van der Waals surface area contributed by atoms with E-state index < -0.39 is 10.0 Å². The van der Waals surface area contributed by atoms with Crippen molar-refractivity contribution in [1.29, 1.82) is 5.26 Å². The molecular weight excluding hydrogens is 402 g/mol. The maximum absolute atomic E-state index is 12.4. The Balaban J connectivity index is 1.61. The Morgan fingerprint density at radius 1 is 1.18 bits per heavy atom. The lowest BCUT2D eigenvalue weighted by Gasteiger charge is -2.26. The largest absolute Gasteiger partial charge is 0.456 e. The molecule has 0 radical (unpaired) electrons. The molecule has 0 aliphatic carbocycles. The first kappa shape index (κ1) is 20.6. The van der Waals surface area contributed by atoms with E-state index in [-0.39, 0.29) is 10.5 Å². The van der Waals surface area contributed by atoms with Gasteiger partial charge < -0.3 is 9.47 Å². The van der Waals surface area contributed by atoms with E-state index in [4.69, 9.17) is 21.1 Å². The van der Waals surface area contributed by atoms with E-state index in [1.807, 2.05) is 6.07 Å². The summed E-state index contributed by atoms with van der Waals surface area (Å²) in [6.45, 7) is 3.93. The van der Waals surface area contributed by atoms with Crippen LogP contribution in [0.25, 0.3) is 0 Å². The highest BCUT2D eigenvalue weighted by Crippen LogP contribution is 2.30. The van der Waals surface area contributed by atoms with E-state index in [1.54, 1.807) is 30.3 Å². The highest BCUT2D eigenvalue weighted by molar-refractivity contribution is 7.89. The Hall–Kier alpha value is -2.15. The Morgan fingerprint density at radius 3 is 2.57 bits per heavy atom. The number of hydrogen-bond donors (Lipinski definition) is 1. The molecule has 1 N–H and O–H groups in total. The summed E-state index contributed by atoms with van der Waals surface area (Å²) in [7, 11) is -3.61. The smallest absolute Gasteiger partial charge is 0.240 e. The van der Waals surface area contributed by atoms with Crippen LogP contribution < -0.4 is 9.46 Å². The topological polar surface area (TPSA) is 91.7 Å². The number of nitrogens with zero attached hydrogens (tertiary/aromatic N) is 2. The third kappa shape index (κ3) is 5.22. The summed E-state index contributed by atoms with van der Waals surface area (Å²) in [6, 6.07) is 12.9. The molecule has 1 heterocycles. The van der Waals surface area contributed by atoms with Gasteiger partial charge in [-0.2, -0.15) is 5.26 Å². The lowest BCUT2D eigenvalue weighted by molar-refractivity contribution is 0.0390. The van der Waals surface area contributed by atoms with Crippen molar-refractivity contribution < 1.29 is 17.9 Å². The molecule has 0 unspecified atom stereocenters. The van der Waals surface area contributed by atoms with Crippen LogP contribution in [0.1, 0.15) is 5.56 Å². The van der Waals surface area contributed by atoms with Gasteiger partial charge in [0.2, 0.25) is 10.0 Å². The van der Waals surface area contributed by atoms with Crippen LogP contribution in [0.15, 0.2) is 47.4 Å². The van der Waals surface area contributed by atoms with E-state index in [9.17, 15) is 13.7 Å².